The predicted octanol–water partition coefficient (Wildman–Crippen LogP) is 6.66. The highest BCUT2D eigenvalue weighted by Gasteiger charge is 2.29. The van der Waals surface area contributed by atoms with Crippen molar-refractivity contribution in [3.63, 3.8) is 0 Å². The van der Waals surface area contributed by atoms with Crippen LogP contribution in [0, 0.1) is 19.7 Å². The number of anilines is 2. The number of amides is 2. The number of fused-ring (bicyclic) bond motifs is 1. The van der Waals surface area contributed by atoms with E-state index in [0.717, 1.165) is 23.8 Å². The lowest BCUT2D eigenvalue weighted by Gasteiger charge is -2.14. The molecule has 0 aliphatic carbocycles. The first-order chi connectivity index (χ1) is 19.5. The first kappa shape index (κ1) is 28.0. The van der Waals surface area contributed by atoms with Gasteiger partial charge in [0.1, 0.15) is 11.5 Å². The summed E-state index contributed by atoms with van der Waals surface area (Å²) in [6.07, 6.45) is 0. The zero-order chi connectivity index (χ0) is 29.3. The molecule has 7 nitrogen and oxygen atoms in total. The first-order valence-electron chi connectivity index (χ1n) is 12.6. The molecular weight excluding hydrogens is 550 g/mol. The third-order valence-corrected chi connectivity index (χ3v) is 6.85. The van der Waals surface area contributed by atoms with E-state index in [1.807, 2.05) is 30.3 Å². The molecule has 2 N–H and O–H groups in total. The second kappa shape index (κ2) is 11.1. The number of benzene rings is 3. The first-order valence-corrected chi connectivity index (χ1v) is 13.2. The molecule has 5 aromatic rings. The Hall–Kier alpha value is -4.56. The highest BCUT2D eigenvalue weighted by Crippen LogP contribution is 2.36. The number of aromatic nitrogens is 3. The van der Waals surface area contributed by atoms with Crippen LogP contribution in [-0.4, -0.2) is 26.6 Å². The van der Waals surface area contributed by atoms with Gasteiger partial charge < -0.3 is 10.6 Å². The third kappa shape index (κ3) is 6.12. The number of pyridine rings is 1. The maximum absolute atomic E-state index is 14.1. The van der Waals surface area contributed by atoms with Crippen LogP contribution in [-0.2, 0) is 12.2 Å². The molecule has 0 aliphatic rings. The molecule has 0 spiro atoms. The Morgan fingerprint density at radius 1 is 0.927 bits per heavy atom. The molecule has 0 aliphatic heterocycles. The molecule has 0 radical (unpaired) electrons. The summed E-state index contributed by atoms with van der Waals surface area (Å²) in [7, 11) is 1.40. The van der Waals surface area contributed by atoms with Crippen LogP contribution < -0.4 is 10.6 Å². The van der Waals surface area contributed by atoms with Gasteiger partial charge in [-0.2, -0.15) is 13.9 Å². The summed E-state index contributed by atoms with van der Waals surface area (Å²) in [5.74, 6) is -1.55. The van der Waals surface area contributed by atoms with Gasteiger partial charge in [-0.15, -0.1) is 0 Å². The van der Waals surface area contributed by atoms with Gasteiger partial charge in [-0.3, -0.25) is 14.3 Å². The van der Waals surface area contributed by atoms with Gasteiger partial charge in [-0.25, -0.2) is 9.37 Å². The Labute approximate surface area is 236 Å². The fourth-order valence-corrected chi connectivity index (χ4v) is 4.58. The molecule has 2 aromatic heterocycles. The van der Waals surface area contributed by atoms with Crippen LogP contribution in [0.4, 0.5) is 24.5 Å². The van der Waals surface area contributed by atoms with Crippen LogP contribution in [0.5, 0.6) is 0 Å². The summed E-state index contributed by atoms with van der Waals surface area (Å²) in [4.78, 5) is 29.8. The van der Waals surface area contributed by atoms with Crippen molar-refractivity contribution < 1.29 is 22.8 Å². The van der Waals surface area contributed by atoms with Crippen LogP contribution in [0.2, 0.25) is 0 Å². The smallest absolute Gasteiger partial charge is 0.300 e. The summed E-state index contributed by atoms with van der Waals surface area (Å²) >= 11 is 0. The lowest BCUT2D eigenvalue weighted by molar-refractivity contribution is 0.0981. The number of hydrogen-bond donors (Lipinski definition) is 2. The minimum absolute atomic E-state index is 0.0706. The van der Waals surface area contributed by atoms with E-state index >= 15 is 0 Å². The summed E-state index contributed by atoms with van der Waals surface area (Å²) < 4.78 is 43.9. The van der Waals surface area contributed by atoms with Gasteiger partial charge in [-0.05, 0) is 67.9 Å². The monoisotopic (exact) mass is 575 g/mol. The van der Waals surface area contributed by atoms with Crippen molar-refractivity contribution in [2.75, 3.05) is 10.6 Å². The van der Waals surface area contributed by atoms with E-state index in [1.54, 1.807) is 42.8 Å². The van der Waals surface area contributed by atoms with Gasteiger partial charge in [0, 0.05) is 16.6 Å². The second-order valence-corrected chi connectivity index (χ2v) is 10.2. The summed E-state index contributed by atoms with van der Waals surface area (Å²) in [6.45, 7) is 3.84. The number of carbonyl (C=O) groups is 2. The molecule has 1 atom stereocenters. The molecule has 41 heavy (non-hydrogen) atoms. The summed E-state index contributed by atoms with van der Waals surface area (Å²) in [5.41, 5.74) is -0.467. The van der Waals surface area contributed by atoms with Gasteiger partial charge in [0.15, 0.2) is 0 Å². The third-order valence-electron chi connectivity index (χ3n) is 6.56. The van der Waals surface area contributed by atoms with Crippen LogP contribution in [0.25, 0.3) is 10.9 Å². The SMILES string of the molecule is Cc1nn(Cc2ccc(C(=O)Nc3ccccc3)cc2)c(C)c1NC(=O)c1cc(C(F)(F)P)nc2ccc(F)cc12. The van der Waals surface area contributed by atoms with E-state index in [9.17, 15) is 22.8 Å². The Morgan fingerprint density at radius 3 is 2.32 bits per heavy atom. The van der Waals surface area contributed by atoms with E-state index in [4.69, 9.17) is 0 Å². The van der Waals surface area contributed by atoms with Crippen molar-refractivity contribution in [2.24, 2.45) is 0 Å². The number of rotatable bonds is 7. The zero-order valence-electron chi connectivity index (χ0n) is 22.1. The normalized spacial score (nSPS) is 11.5. The number of hydrogen-bond acceptors (Lipinski definition) is 4. The Morgan fingerprint density at radius 2 is 1.63 bits per heavy atom. The Kier molecular flexibility index (Phi) is 7.60. The fourth-order valence-electron chi connectivity index (χ4n) is 4.43. The van der Waals surface area contributed by atoms with E-state index in [0.29, 0.717) is 34.9 Å². The van der Waals surface area contributed by atoms with Crippen LogP contribution in [0.15, 0.2) is 78.9 Å². The van der Waals surface area contributed by atoms with Gasteiger partial charge in [-0.1, -0.05) is 39.6 Å². The second-order valence-electron chi connectivity index (χ2n) is 9.51. The van der Waals surface area contributed by atoms with Crippen molar-refractivity contribution in [1.29, 1.82) is 0 Å². The molecular formula is C30H25F3N5O2P. The van der Waals surface area contributed by atoms with Crippen LogP contribution in [0.3, 0.4) is 0 Å². The van der Waals surface area contributed by atoms with Crippen molar-refractivity contribution >= 4 is 43.3 Å². The molecule has 0 saturated heterocycles. The summed E-state index contributed by atoms with van der Waals surface area (Å²) in [6, 6.07) is 20.6. The number of nitrogens with one attached hydrogen (secondary N) is 2. The van der Waals surface area contributed by atoms with Gasteiger partial charge in [0.2, 0.25) is 0 Å². The number of carbonyl (C=O) groups excluding carboxylic acids is 2. The number of aryl methyl sites for hydroxylation is 1. The number of halogens is 3. The van der Waals surface area contributed by atoms with E-state index in [2.05, 4.69) is 20.7 Å². The quantitative estimate of drug-likeness (QED) is 0.212. The van der Waals surface area contributed by atoms with Gasteiger partial charge in [0.25, 0.3) is 17.5 Å². The molecule has 3 aromatic carbocycles. The number of nitrogens with zero attached hydrogens (tertiary/aromatic N) is 3. The molecule has 0 bridgehead atoms. The molecule has 5 rings (SSSR count). The average molecular weight is 576 g/mol. The number of alkyl halides is 2. The van der Waals surface area contributed by atoms with E-state index in [1.165, 1.54) is 15.3 Å². The lowest BCUT2D eigenvalue weighted by atomic mass is 10.1. The molecule has 11 heteroatoms. The van der Waals surface area contributed by atoms with Crippen molar-refractivity contribution in [2.45, 2.75) is 26.1 Å². The zero-order valence-corrected chi connectivity index (χ0v) is 23.2. The molecule has 208 valence electrons. The highest BCUT2D eigenvalue weighted by molar-refractivity contribution is 7.17. The van der Waals surface area contributed by atoms with Crippen LogP contribution >= 0.6 is 9.24 Å². The fraction of sp³-hybridized carbons (Fsp3) is 0.133. The predicted molar refractivity (Wildman–Crippen MR) is 155 cm³/mol. The average Bonchev–Trinajstić information content (AvgIpc) is 3.20. The molecule has 0 fully saturated rings. The Bertz CT molecular complexity index is 1770. The number of para-hydroxylation sites is 1. The molecule has 1 unspecified atom stereocenters. The maximum Gasteiger partial charge on any atom is 0.300 e. The topological polar surface area (TPSA) is 88.9 Å². The molecule has 0 saturated carbocycles. The largest absolute Gasteiger partial charge is 0.322 e. The molecule has 2 amide bonds. The summed E-state index contributed by atoms with van der Waals surface area (Å²) in [5, 5.41) is 10.2. The maximum atomic E-state index is 14.1. The van der Waals surface area contributed by atoms with E-state index in [-0.39, 0.29) is 22.4 Å². The van der Waals surface area contributed by atoms with Gasteiger partial charge in [0.05, 0.1) is 34.7 Å². The minimum atomic E-state index is -3.38. The standard InChI is InChI=1S/C30H25F3N5O2P/c1-17-27(36-29(40)24-15-26(30(32,33)41)35-25-13-12-21(31)14-23(24)25)18(2)38(37-17)16-19-8-10-20(11-9-19)28(39)34-22-6-4-3-5-7-22/h3-15H,16,41H2,1-2H3,(H,34,39)(H,36,40). The highest BCUT2D eigenvalue weighted by atomic mass is 31.0. The van der Waals surface area contributed by atoms with Crippen molar-refractivity contribution in [3.05, 3.63) is 118 Å². The minimum Gasteiger partial charge on any atom is -0.322 e. The lowest BCUT2D eigenvalue weighted by Crippen LogP contribution is -2.16. The van der Waals surface area contributed by atoms with Gasteiger partial charge >= 0.3 is 0 Å². The van der Waals surface area contributed by atoms with Crippen molar-refractivity contribution in [1.82, 2.24) is 14.8 Å². The van der Waals surface area contributed by atoms with E-state index < -0.39 is 23.1 Å². The Balaban J connectivity index is 1.36. The molecule has 2 heterocycles. The van der Waals surface area contributed by atoms with Crippen LogP contribution in [0.1, 0.15) is 43.4 Å². The van der Waals surface area contributed by atoms with Crippen molar-refractivity contribution in [3.8, 4) is 0 Å².